The number of ether oxygens (including phenoxy) is 1. The Morgan fingerprint density at radius 1 is 1.08 bits per heavy atom. The Morgan fingerprint density at radius 3 is 2.62 bits per heavy atom. The fourth-order valence-electron chi connectivity index (χ4n) is 2.49. The quantitative estimate of drug-likeness (QED) is 0.680. The fraction of sp³-hybridized carbons (Fsp3) is 0.100. The maximum absolute atomic E-state index is 14.0. The predicted molar refractivity (Wildman–Crippen MR) is 95.4 cm³/mol. The molecule has 4 nitrogen and oxygen atoms in total. The molecule has 0 unspecified atom stereocenters. The van der Waals surface area contributed by atoms with Crippen LogP contribution in [0.1, 0.15) is 15.9 Å². The number of carbonyl (C=O) groups is 1. The molecule has 0 aliphatic carbocycles. The lowest BCUT2D eigenvalue weighted by Gasteiger charge is -2.12. The third-order valence-electron chi connectivity index (χ3n) is 3.88. The molecule has 6 heteroatoms. The summed E-state index contributed by atoms with van der Waals surface area (Å²) in [6.07, 6.45) is 0. The van der Waals surface area contributed by atoms with Crippen molar-refractivity contribution < 1.29 is 18.3 Å². The molecule has 0 spiro atoms. The van der Waals surface area contributed by atoms with Crippen LogP contribution in [-0.4, -0.2) is 18.1 Å². The molecule has 1 aromatic heterocycles. The van der Waals surface area contributed by atoms with Gasteiger partial charge in [-0.05, 0) is 48.9 Å². The minimum Gasteiger partial charge on any atom is -0.465 e. The number of halogens is 2. The Hall–Kier alpha value is -3.28. The molecule has 3 aromatic rings. The molecule has 0 bridgehead atoms. The van der Waals surface area contributed by atoms with Crippen molar-refractivity contribution in [1.29, 1.82) is 0 Å². The standard InChI is InChI=1S/C20H16F2N2O2/c1-12-6-7-13(20(25)26-2)10-18(12)24-19-5-3-4-17(23-19)15-9-8-14(21)11-16(15)22/h3-11H,1-2H3,(H,23,24). The summed E-state index contributed by atoms with van der Waals surface area (Å²) >= 11 is 0. The first kappa shape index (κ1) is 17.5. The van der Waals surface area contributed by atoms with Crippen molar-refractivity contribution in [2.75, 3.05) is 12.4 Å². The van der Waals surface area contributed by atoms with Crippen molar-refractivity contribution in [3.8, 4) is 11.3 Å². The first-order valence-corrected chi connectivity index (χ1v) is 7.86. The van der Waals surface area contributed by atoms with E-state index in [1.165, 1.54) is 19.2 Å². The van der Waals surface area contributed by atoms with Crippen molar-refractivity contribution in [2.24, 2.45) is 0 Å². The summed E-state index contributed by atoms with van der Waals surface area (Å²) in [5.74, 6) is -1.30. The van der Waals surface area contributed by atoms with Crippen LogP contribution in [0, 0.1) is 18.6 Å². The average Bonchev–Trinajstić information content (AvgIpc) is 2.63. The molecule has 0 saturated carbocycles. The number of benzene rings is 2. The zero-order valence-electron chi connectivity index (χ0n) is 14.2. The summed E-state index contributed by atoms with van der Waals surface area (Å²) in [5, 5.41) is 3.12. The van der Waals surface area contributed by atoms with Gasteiger partial charge in [0.15, 0.2) is 0 Å². The summed E-state index contributed by atoms with van der Waals surface area (Å²) in [7, 11) is 1.32. The highest BCUT2D eigenvalue weighted by atomic mass is 19.1. The van der Waals surface area contributed by atoms with E-state index in [2.05, 4.69) is 10.3 Å². The molecular formula is C20H16F2N2O2. The number of nitrogens with zero attached hydrogens (tertiary/aromatic N) is 1. The smallest absolute Gasteiger partial charge is 0.337 e. The molecule has 132 valence electrons. The van der Waals surface area contributed by atoms with Gasteiger partial charge in [0, 0.05) is 17.3 Å². The first-order valence-electron chi connectivity index (χ1n) is 7.86. The largest absolute Gasteiger partial charge is 0.465 e. The van der Waals surface area contributed by atoms with Crippen LogP contribution in [0.5, 0.6) is 0 Å². The van der Waals surface area contributed by atoms with Crippen LogP contribution in [0.2, 0.25) is 0 Å². The molecular weight excluding hydrogens is 338 g/mol. The molecule has 3 rings (SSSR count). The van der Waals surface area contributed by atoms with Gasteiger partial charge in [-0.1, -0.05) is 12.1 Å². The van der Waals surface area contributed by atoms with E-state index in [4.69, 9.17) is 4.74 Å². The van der Waals surface area contributed by atoms with Crippen molar-refractivity contribution >= 4 is 17.5 Å². The molecule has 0 fully saturated rings. The van der Waals surface area contributed by atoms with E-state index < -0.39 is 17.6 Å². The Bertz CT molecular complexity index is 974. The van der Waals surface area contributed by atoms with Crippen LogP contribution in [-0.2, 0) is 4.74 Å². The molecule has 2 aromatic carbocycles. The van der Waals surface area contributed by atoms with Gasteiger partial charge in [-0.3, -0.25) is 0 Å². The molecule has 0 aliphatic heterocycles. The van der Waals surface area contributed by atoms with E-state index in [9.17, 15) is 13.6 Å². The van der Waals surface area contributed by atoms with Crippen molar-refractivity contribution in [3.05, 3.63) is 77.4 Å². The molecule has 0 aliphatic rings. The third-order valence-corrected chi connectivity index (χ3v) is 3.88. The summed E-state index contributed by atoms with van der Waals surface area (Å²) < 4.78 is 31.8. The van der Waals surface area contributed by atoms with E-state index in [1.807, 2.05) is 6.92 Å². The number of pyridine rings is 1. The van der Waals surface area contributed by atoms with E-state index in [-0.39, 0.29) is 5.56 Å². The summed E-state index contributed by atoms with van der Waals surface area (Å²) in [5.41, 5.74) is 2.56. The highest BCUT2D eigenvalue weighted by Gasteiger charge is 2.11. The van der Waals surface area contributed by atoms with E-state index >= 15 is 0 Å². The number of rotatable bonds is 4. The number of aromatic nitrogens is 1. The number of anilines is 2. The second-order valence-electron chi connectivity index (χ2n) is 5.68. The molecule has 0 radical (unpaired) electrons. The lowest BCUT2D eigenvalue weighted by Crippen LogP contribution is -2.03. The van der Waals surface area contributed by atoms with Crippen LogP contribution in [0.4, 0.5) is 20.3 Å². The second kappa shape index (κ2) is 7.31. The van der Waals surface area contributed by atoms with Gasteiger partial charge in [0.05, 0.1) is 18.4 Å². The van der Waals surface area contributed by atoms with Gasteiger partial charge < -0.3 is 10.1 Å². The predicted octanol–water partition coefficient (Wildman–Crippen LogP) is 4.87. The topological polar surface area (TPSA) is 51.2 Å². The molecule has 1 N–H and O–H groups in total. The minimum atomic E-state index is -0.682. The monoisotopic (exact) mass is 354 g/mol. The number of aryl methyl sites for hydroxylation is 1. The number of esters is 1. The lowest BCUT2D eigenvalue weighted by molar-refractivity contribution is 0.0601. The van der Waals surface area contributed by atoms with Crippen molar-refractivity contribution in [1.82, 2.24) is 4.98 Å². The number of methoxy groups -OCH3 is 1. The van der Waals surface area contributed by atoms with Gasteiger partial charge >= 0.3 is 5.97 Å². The van der Waals surface area contributed by atoms with Crippen LogP contribution in [0.3, 0.4) is 0 Å². The summed E-state index contributed by atoms with van der Waals surface area (Å²) in [4.78, 5) is 16.1. The lowest BCUT2D eigenvalue weighted by atomic mass is 10.1. The SMILES string of the molecule is COC(=O)c1ccc(C)c(Nc2cccc(-c3ccc(F)cc3F)n2)c1. The Balaban J connectivity index is 1.93. The van der Waals surface area contributed by atoms with Gasteiger partial charge in [-0.15, -0.1) is 0 Å². The maximum Gasteiger partial charge on any atom is 0.337 e. The normalized spacial score (nSPS) is 10.5. The highest BCUT2D eigenvalue weighted by Crippen LogP contribution is 2.26. The van der Waals surface area contributed by atoms with E-state index in [0.717, 1.165) is 11.6 Å². The fourth-order valence-corrected chi connectivity index (χ4v) is 2.49. The van der Waals surface area contributed by atoms with Gasteiger partial charge in [-0.25, -0.2) is 18.6 Å². The van der Waals surface area contributed by atoms with Gasteiger partial charge in [0.1, 0.15) is 17.5 Å². The Labute approximate surface area is 149 Å². The molecule has 0 atom stereocenters. The molecule has 0 saturated heterocycles. The summed E-state index contributed by atoms with van der Waals surface area (Å²) in [6.45, 7) is 1.88. The maximum atomic E-state index is 14.0. The van der Waals surface area contributed by atoms with Gasteiger partial charge in [0.25, 0.3) is 0 Å². The number of nitrogens with one attached hydrogen (secondary N) is 1. The molecule has 0 amide bonds. The zero-order valence-corrected chi connectivity index (χ0v) is 14.2. The highest BCUT2D eigenvalue weighted by molar-refractivity contribution is 5.91. The molecule has 26 heavy (non-hydrogen) atoms. The van der Waals surface area contributed by atoms with Gasteiger partial charge in [0.2, 0.25) is 0 Å². The Kier molecular flexibility index (Phi) is 4.93. The summed E-state index contributed by atoms with van der Waals surface area (Å²) in [6, 6.07) is 13.5. The van der Waals surface area contributed by atoms with Crippen molar-refractivity contribution in [2.45, 2.75) is 6.92 Å². The minimum absolute atomic E-state index is 0.204. The third kappa shape index (κ3) is 3.69. The van der Waals surface area contributed by atoms with E-state index in [1.54, 1.807) is 36.4 Å². The van der Waals surface area contributed by atoms with Crippen LogP contribution >= 0.6 is 0 Å². The number of carbonyl (C=O) groups excluding carboxylic acids is 1. The number of hydrogen-bond acceptors (Lipinski definition) is 4. The average molecular weight is 354 g/mol. The molecule has 1 heterocycles. The van der Waals surface area contributed by atoms with E-state index in [0.29, 0.717) is 22.8 Å². The number of hydrogen-bond donors (Lipinski definition) is 1. The van der Waals surface area contributed by atoms with Gasteiger partial charge in [-0.2, -0.15) is 0 Å². The van der Waals surface area contributed by atoms with Crippen LogP contribution < -0.4 is 5.32 Å². The van der Waals surface area contributed by atoms with Crippen molar-refractivity contribution in [3.63, 3.8) is 0 Å². The second-order valence-corrected chi connectivity index (χ2v) is 5.68. The van der Waals surface area contributed by atoms with Crippen LogP contribution in [0.25, 0.3) is 11.3 Å². The first-order chi connectivity index (χ1) is 12.5. The van der Waals surface area contributed by atoms with Crippen LogP contribution in [0.15, 0.2) is 54.6 Å². The zero-order chi connectivity index (χ0) is 18.7. The Morgan fingerprint density at radius 2 is 1.88 bits per heavy atom.